The van der Waals surface area contributed by atoms with Crippen LogP contribution in [0.4, 0.5) is 0 Å². The van der Waals surface area contributed by atoms with Crippen molar-refractivity contribution in [1.29, 1.82) is 0 Å². The molecule has 0 aromatic carbocycles. The maximum Gasteiger partial charge on any atom is 0.0937 e. The Morgan fingerprint density at radius 1 is 1.58 bits per heavy atom. The van der Waals surface area contributed by atoms with Crippen molar-refractivity contribution in [1.82, 2.24) is 5.32 Å². The van der Waals surface area contributed by atoms with Gasteiger partial charge in [-0.25, -0.2) is 0 Å². The van der Waals surface area contributed by atoms with Crippen LogP contribution in [0, 0.1) is 5.92 Å². The summed E-state index contributed by atoms with van der Waals surface area (Å²) in [5.74, 6) is 1.62. The van der Waals surface area contributed by atoms with Crippen LogP contribution in [0.15, 0.2) is 16.6 Å². The van der Waals surface area contributed by atoms with E-state index in [4.69, 9.17) is 0 Å². The lowest BCUT2D eigenvalue weighted by molar-refractivity contribution is 0.461. The Bertz CT molecular complexity index is 238. The summed E-state index contributed by atoms with van der Waals surface area (Å²) in [6.07, 6.45) is 2.27. The van der Waals surface area contributed by atoms with Crippen molar-refractivity contribution >= 4 is 5.84 Å². The fraction of sp³-hybridized carbons (Fsp3) is 0.700. The molecular formula is C10H18N2. The first kappa shape index (κ1) is 9.30. The Morgan fingerprint density at radius 3 is 2.33 bits per heavy atom. The Morgan fingerprint density at radius 2 is 2.08 bits per heavy atom. The molecule has 2 nitrogen and oxygen atoms in total. The van der Waals surface area contributed by atoms with E-state index in [1.54, 1.807) is 0 Å². The Balaban J connectivity index is 2.61. The van der Waals surface area contributed by atoms with E-state index in [0.29, 0.717) is 5.92 Å². The average molecular weight is 166 g/mol. The van der Waals surface area contributed by atoms with E-state index < -0.39 is 0 Å². The van der Waals surface area contributed by atoms with Crippen LogP contribution in [-0.2, 0) is 0 Å². The van der Waals surface area contributed by atoms with Gasteiger partial charge in [0, 0.05) is 7.05 Å². The highest BCUT2D eigenvalue weighted by Crippen LogP contribution is 2.40. The van der Waals surface area contributed by atoms with Gasteiger partial charge in [-0.1, -0.05) is 19.9 Å². The Hall–Kier alpha value is -0.790. The number of amidine groups is 1. The van der Waals surface area contributed by atoms with Crippen LogP contribution in [0.3, 0.4) is 0 Å². The van der Waals surface area contributed by atoms with E-state index in [-0.39, 0.29) is 5.54 Å². The minimum absolute atomic E-state index is 0.142. The highest BCUT2D eigenvalue weighted by molar-refractivity contribution is 5.82. The average Bonchev–Trinajstić information content (AvgIpc) is 2.63. The lowest BCUT2D eigenvalue weighted by atomic mass is 9.96. The molecule has 0 saturated carbocycles. The summed E-state index contributed by atoms with van der Waals surface area (Å²) in [5.41, 5.74) is 1.57. The second kappa shape index (κ2) is 2.92. The van der Waals surface area contributed by atoms with Gasteiger partial charge in [-0.2, -0.15) is 0 Å². The topological polar surface area (TPSA) is 24.4 Å². The minimum Gasteiger partial charge on any atom is -0.361 e. The van der Waals surface area contributed by atoms with Crippen molar-refractivity contribution in [3.05, 3.63) is 11.6 Å². The van der Waals surface area contributed by atoms with Gasteiger partial charge in [0.1, 0.15) is 0 Å². The highest BCUT2D eigenvalue weighted by Gasteiger charge is 2.43. The molecule has 1 rings (SSSR count). The SMILES string of the molecule is CN=C(C)NC1(C(C)C)C=C1C. The second-order valence-corrected chi connectivity index (χ2v) is 3.79. The van der Waals surface area contributed by atoms with E-state index in [2.05, 4.69) is 37.2 Å². The summed E-state index contributed by atoms with van der Waals surface area (Å²) in [5, 5.41) is 3.42. The molecule has 1 N–H and O–H groups in total. The van der Waals surface area contributed by atoms with E-state index in [9.17, 15) is 0 Å². The normalized spacial score (nSPS) is 28.8. The molecule has 0 radical (unpaired) electrons. The van der Waals surface area contributed by atoms with Gasteiger partial charge in [0.15, 0.2) is 0 Å². The maximum absolute atomic E-state index is 4.10. The molecule has 68 valence electrons. The van der Waals surface area contributed by atoms with Gasteiger partial charge in [0.2, 0.25) is 0 Å². The molecule has 0 aromatic rings. The molecule has 12 heavy (non-hydrogen) atoms. The molecule has 0 fully saturated rings. The summed E-state index contributed by atoms with van der Waals surface area (Å²) in [6, 6.07) is 0. The van der Waals surface area contributed by atoms with E-state index in [0.717, 1.165) is 5.84 Å². The van der Waals surface area contributed by atoms with E-state index in [1.165, 1.54) is 5.57 Å². The fourth-order valence-electron chi connectivity index (χ4n) is 1.56. The standard InChI is InChI=1S/C10H18N2/c1-7(2)10(6-8(10)3)12-9(4)11-5/h6-7H,1-5H3,(H,11,12). The smallest absolute Gasteiger partial charge is 0.0937 e. The molecule has 1 unspecified atom stereocenters. The van der Waals surface area contributed by atoms with Crippen LogP contribution in [0.1, 0.15) is 27.7 Å². The van der Waals surface area contributed by atoms with Gasteiger partial charge in [-0.15, -0.1) is 0 Å². The second-order valence-electron chi connectivity index (χ2n) is 3.79. The number of nitrogens with one attached hydrogen (secondary N) is 1. The zero-order chi connectivity index (χ0) is 9.35. The third-order valence-corrected chi connectivity index (χ3v) is 2.65. The van der Waals surface area contributed by atoms with Crippen molar-refractivity contribution in [3.8, 4) is 0 Å². The van der Waals surface area contributed by atoms with Crippen LogP contribution in [0.2, 0.25) is 0 Å². The quantitative estimate of drug-likeness (QED) is 0.378. The molecular weight excluding hydrogens is 148 g/mol. The first-order valence-corrected chi connectivity index (χ1v) is 4.44. The predicted molar refractivity (Wildman–Crippen MR) is 53.5 cm³/mol. The molecule has 0 aliphatic heterocycles. The third kappa shape index (κ3) is 1.38. The van der Waals surface area contributed by atoms with Crippen LogP contribution in [0.5, 0.6) is 0 Å². The summed E-state index contributed by atoms with van der Waals surface area (Å²) in [4.78, 5) is 4.10. The number of hydrogen-bond donors (Lipinski definition) is 1. The lowest BCUT2D eigenvalue weighted by Gasteiger charge is -2.24. The molecule has 1 aliphatic rings. The van der Waals surface area contributed by atoms with Crippen LogP contribution in [0.25, 0.3) is 0 Å². The highest BCUT2D eigenvalue weighted by atomic mass is 15.1. The molecule has 2 heteroatoms. The lowest BCUT2D eigenvalue weighted by Crippen LogP contribution is -2.42. The maximum atomic E-state index is 4.10. The van der Waals surface area contributed by atoms with Gasteiger partial charge in [-0.05, 0) is 25.3 Å². The summed E-state index contributed by atoms with van der Waals surface area (Å²) in [7, 11) is 1.81. The Labute approximate surface area is 74.8 Å². The molecule has 0 bridgehead atoms. The molecule has 0 heterocycles. The van der Waals surface area contributed by atoms with E-state index >= 15 is 0 Å². The molecule has 1 aliphatic carbocycles. The van der Waals surface area contributed by atoms with Crippen LogP contribution < -0.4 is 5.32 Å². The molecule has 0 saturated heterocycles. The molecule has 1 atom stereocenters. The summed E-state index contributed by atoms with van der Waals surface area (Å²) in [6.45, 7) is 8.62. The number of rotatable bonds is 2. The van der Waals surface area contributed by atoms with Gasteiger partial charge in [-0.3, -0.25) is 4.99 Å². The monoisotopic (exact) mass is 166 g/mol. The zero-order valence-electron chi connectivity index (χ0n) is 8.60. The van der Waals surface area contributed by atoms with Crippen molar-refractivity contribution in [3.63, 3.8) is 0 Å². The van der Waals surface area contributed by atoms with Crippen molar-refractivity contribution in [2.75, 3.05) is 7.05 Å². The molecule has 0 spiro atoms. The first-order chi connectivity index (χ1) is 5.53. The number of aliphatic imine (C=N–C) groups is 1. The van der Waals surface area contributed by atoms with Gasteiger partial charge in [0.25, 0.3) is 0 Å². The summed E-state index contributed by atoms with van der Waals surface area (Å²) < 4.78 is 0. The zero-order valence-corrected chi connectivity index (χ0v) is 8.60. The van der Waals surface area contributed by atoms with Crippen molar-refractivity contribution in [2.24, 2.45) is 10.9 Å². The Kier molecular flexibility index (Phi) is 2.27. The van der Waals surface area contributed by atoms with Gasteiger partial charge < -0.3 is 5.32 Å². The minimum atomic E-state index is 0.142. The third-order valence-electron chi connectivity index (χ3n) is 2.65. The molecule has 0 aromatic heterocycles. The van der Waals surface area contributed by atoms with E-state index in [1.807, 2.05) is 14.0 Å². The van der Waals surface area contributed by atoms with Crippen LogP contribution >= 0.6 is 0 Å². The predicted octanol–water partition coefficient (Wildman–Crippen LogP) is 1.98. The van der Waals surface area contributed by atoms with Crippen molar-refractivity contribution in [2.45, 2.75) is 33.2 Å². The molecule has 0 amide bonds. The van der Waals surface area contributed by atoms with Crippen LogP contribution in [-0.4, -0.2) is 18.4 Å². The largest absolute Gasteiger partial charge is 0.361 e. The van der Waals surface area contributed by atoms with Gasteiger partial charge >= 0.3 is 0 Å². The summed E-state index contributed by atoms with van der Waals surface area (Å²) >= 11 is 0. The number of nitrogens with zero attached hydrogens (tertiary/aromatic N) is 1. The van der Waals surface area contributed by atoms with Gasteiger partial charge in [0.05, 0.1) is 11.4 Å². The first-order valence-electron chi connectivity index (χ1n) is 4.44. The van der Waals surface area contributed by atoms with Crippen molar-refractivity contribution < 1.29 is 0 Å². The number of hydrogen-bond acceptors (Lipinski definition) is 1. The fourth-order valence-corrected chi connectivity index (χ4v) is 1.56.